The number of carbonyl (C=O) groups is 1. The van der Waals surface area contributed by atoms with E-state index in [9.17, 15) is 27.7 Å². The lowest BCUT2D eigenvalue weighted by atomic mass is 10.1. The largest absolute Gasteiger partial charge is 0.573 e. The number of benzene rings is 3. The highest BCUT2D eigenvalue weighted by molar-refractivity contribution is 6.38. The normalized spacial score (nSPS) is 10.9. The number of hydrogen-bond acceptors (Lipinski definition) is 11. The first-order valence-electron chi connectivity index (χ1n) is 15.1. The number of aromatic nitrogens is 2. The molecule has 0 spiro atoms. The number of methoxy groups -OCH3 is 3. The van der Waals surface area contributed by atoms with Crippen LogP contribution in [0.3, 0.4) is 0 Å². The molecule has 1 aromatic heterocycles. The summed E-state index contributed by atoms with van der Waals surface area (Å²) in [5, 5.41) is 1.55. The van der Waals surface area contributed by atoms with Gasteiger partial charge in [0.25, 0.3) is 5.56 Å². The number of rotatable bonds is 14. The lowest BCUT2D eigenvalue weighted by Crippen LogP contribution is -2.33. The number of anilines is 1. The molecule has 1 heterocycles. The zero-order valence-corrected chi connectivity index (χ0v) is 29.7. The molecular weight excluding hydrogens is 720 g/mol. The van der Waals surface area contributed by atoms with Crippen molar-refractivity contribution in [3.63, 3.8) is 0 Å². The van der Waals surface area contributed by atoms with Crippen LogP contribution in [0, 0.1) is 10.8 Å². The molecule has 0 aliphatic carbocycles. The number of carbonyl (C=O) groups excluding carboxylic acids is 1. The standard InChI is InChI=1S/C29H24Cl2F3N3O6.C5H11NO2/c1-40-19-8-4-17(5-9-19)14-36(15-18-6-10-20(41-2)11-7-18)26-24(28(39)42-3)27(38)37(16-35-26)25-22(30)12-21(13-23(25)31)43-29(32,33)34;1-5(2)3-4-8-6-7/h4-13,16H,14-15H2,1-3H3;5H,3-4H2,1-2H3. The number of hydrogen-bond donors (Lipinski definition) is 0. The van der Waals surface area contributed by atoms with E-state index in [0.29, 0.717) is 24.0 Å². The van der Waals surface area contributed by atoms with Crippen molar-refractivity contribution < 1.29 is 41.8 Å². The fraction of sp³-hybridized carbons (Fsp3) is 0.324. The van der Waals surface area contributed by atoms with Gasteiger partial charge in [0, 0.05) is 25.2 Å². The fourth-order valence-corrected chi connectivity index (χ4v) is 5.17. The van der Waals surface area contributed by atoms with Crippen LogP contribution < -0.4 is 24.7 Å². The van der Waals surface area contributed by atoms with Crippen molar-refractivity contribution in [2.45, 2.75) is 39.7 Å². The lowest BCUT2D eigenvalue weighted by molar-refractivity contribution is -0.274. The van der Waals surface area contributed by atoms with Gasteiger partial charge >= 0.3 is 12.3 Å². The maximum Gasteiger partial charge on any atom is 0.573 e. The average molecular weight is 756 g/mol. The molecule has 0 atom stereocenters. The van der Waals surface area contributed by atoms with Gasteiger partial charge in [0.15, 0.2) is 16.7 Å². The van der Waals surface area contributed by atoms with E-state index in [1.54, 1.807) is 43.4 Å². The third kappa shape index (κ3) is 11.8. The summed E-state index contributed by atoms with van der Waals surface area (Å²) in [6.45, 7) is 4.99. The Morgan fingerprint density at radius 2 is 1.41 bits per heavy atom. The predicted molar refractivity (Wildman–Crippen MR) is 185 cm³/mol. The van der Waals surface area contributed by atoms with E-state index in [1.165, 1.54) is 0 Å². The van der Waals surface area contributed by atoms with Crippen molar-refractivity contribution >= 4 is 35.0 Å². The lowest BCUT2D eigenvalue weighted by Gasteiger charge is -2.26. The van der Waals surface area contributed by atoms with E-state index in [2.05, 4.69) is 33.7 Å². The van der Waals surface area contributed by atoms with Gasteiger partial charge in [-0.15, -0.1) is 18.1 Å². The van der Waals surface area contributed by atoms with Crippen LogP contribution in [-0.2, 0) is 22.7 Å². The van der Waals surface area contributed by atoms with E-state index in [0.717, 1.165) is 47.7 Å². The summed E-state index contributed by atoms with van der Waals surface area (Å²) in [6, 6.07) is 16.0. The number of halogens is 5. The molecule has 3 aromatic carbocycles. The minimum absolute atomic E-state index is 0.0102. The van der Waals surface area contributed by atoms with Crippen LogP contribution in [0.5, 0.6) is 17.2 Å². The van der Waals surface area contributed by atoms with Gasteiger partial charge in [-0.25, -0.2) is 9.78 Å². The van der Waals surface area contributed by atoms with E-state index in [1.807, 2.05) is 24.3 Å². The van der Waals surface area contributed by atoms with Gasteiger partial charge in [0.2, 0.25) is 0 Å². The van der Waals surface area contributed by atoms with E-state index in [-0.39, 0.29) is 34.6 Å². The van der Waals surface area contributed by atoms with E-state index in [4.69, 9.17) is 37.4 Å². The first-order chi connectivity index (χ1) is 24.2. The number of nitrogens with zero attached hydrogens (tertiary/aromatic N) is 4. The number of alkyl halides is 3. The molecule has 4 aromatic rings. The van der Waals surface area contributed by atoms with Crippen molar-refractivity contribution in [3.05, 3.63) is 109 Å². The molecule has 0 aliphatic rings. The molecule has 0 fully saturated rings. The van der Waals surface area contributed by atoms with Crippen molar-refractivity contribution in [2.24, 2.45) is 11.3 Å². The Labute approximate surface area is 301 Å². The maximum atomic E-state index is 13.8. The maximum absolute atomic E-state index is 13.8. The molecule has 51 heavy (non-hydrogen) atoms. The molecule has 0 bridgehead atoms. The van der Waals surface area contributed by atoms with Gasteiger partial charge in [0.1, 0.15) is 30.2 Å². The first kappa shape index (κ1) is 40.4. The van der Waals surface area contributed by atoms with Gasteiger partial charge in [-0.05, 0) is 47.7 Å². The summed E-state index contributed by atoms with van der Waals surface area (Å²) in [6.07, 6.45) is -3.02. The Balaban J connectivity index is 0.000000783. The van der Waals surface area contributed by atoms with Crippen LogP contribution in [0.1, 0.15) is 41.8 Å². The van der Waals surface area contributed by atoms with Crippen molar-refractivity contribution in [1.29, 1.82) is 0 Å². The first-order valence-corrected chi connectivity index (χ1v) is 15.9. The van der Waals surface area contributed by atoms with Crippen LogP contribution in [0.2, 0.25) is 10.0 Å². The molecular formula is C34H35Cl2F3N4O8. The predicted octanol–water partition coefficient (Wildman–Crippen LogP) is 8.18. The average Bonchev–Trinajstić information content (AvgIpc) is 3.08. The van der Waals surface area contributed by atoms with Gasteiger partial charge in [0.05, 0.1) is 37.1 Å². The zero-order chi connectivity index (χ0) is 37.7. The molecule has 4 rings (SSSR count). The molecule has 0 saturated carbocycles. The highest BCUT2D eigenvalue weighted by Crippen LogP contribution is 2.35. The van der Waals surface area contributed by atoms with Crippen molar-refractivity contribution in [3.8, 4) is 22.9 Å². The molecule has 274 valence electrons. The van der Waals surface area contributed by atoms with E-state index >= 15 is 0 Å². The topological polar surface area (TPSA) is 131 Å². The Morgan fingerprint density at radius 1 is 0.902 bits per heavy atom. The van der Waals surface area contributed by atoms with Crippen LogP contribution >= 0.6 is 23.2 Å². The minimum Gasteiger partial charge on any atom is -0.497 e. The smallest absolute Gasteiger partial charge is 0.497 e. The Kier molecular flexibility index (Phi) is 14.9. The quantitative estimate of drug-likeness (QED) is 0.0538. The summed E-state index contributed by atoms with van der Waals surface area (Å²) < 4.78 is 58.4. The van der Waals surface area contributed by atoms with Crippen LogP contribution in [0.25, 0.3) is 5.69 Å². The molecule has 0 aliphatic heterocycles. The van der Waals surface area contributed by atoms with Gasteiger partial charge in [-0.2, -0.15) is 0 Å². The number of esters is 1. The molecule has 0 radical (unpaired) electrons. The van der Waals surface area contributed by atoms with Crippen LogP contribution in [0.15, 0.2) is 77.1 Å². The Bertz CT molecular complexity index is 1750. The molecule has 0 N–H and O–H groups in total. The van der Waals surface area contributed by atoms with Crippen LogP contribution in [-0.4, -0.2) is 49.8 Å². The third-order valence-electron chi connectivity index (χ3n) is 7.01. The van der Waals surface area contributed by atoms with Crippen molar-refractivity contribution in [2.75, 3.05) is 32.8 Å². The minimum atomic E-state index is -5.00. The van der Waals surface area contributed by atoms with Gasteiger partial charge < -0.3 is 28.7 Å². The summed E-state index contributed by atoms with van der Waals surface area (Å²) in [5.41, 5.74) is 0.0446. The summed E-state index contributed by atoms with van der Waals surface area (Å²) in [5.74, 6) is 0.159. The van der Waals surface area contributed by atoms with E-state index < -0.39 is 29.2 Å². The fourth-order valence-electron chi connectivity index (χ4n) is 4.52. The second-order valence-electron chi connectivity index (χ2n) is 11.0. The van der Waals surface area contributed by atoms with Gasteiger partial charge in [-0.1, -0.05) is 61.3 Å². The van der Waals surface area contributed by atoms with Gasteiger partial charge in [-0.3, -0.25) is 9.36 Å². The molecule has 0 amide bonds. The summed E-state index contributed by atoms with van der Waals surface area (Å²) in [7, 11) is 4.19. The third-order valence-corrected chi connectivity index (χ3v) is 7.59. The second-order valence-corrected chi connectivity index (χ2v) is 11.9. The molecule has 12 nitrogen and oxygen atoms in total. The Hall–Kier alpha value is -5.02. The SMILES string of the molecule is CC(C)CCON=O.COC(=O)c1c(N(Cc2ccc(OC)cc2)Cc2ccc(OC)cc2)ncn(-c2c(Cl)cc(OC(F)(F)F)cc2Cl)c1=O. The molecule has 0 unspecified atom stereocenters. The monoisotopic (exact) mass is 754 g/mol. The zero-order valence-electron chi connectivity index (χ0n) is 28.2. The van der Waals surface area contributed by atoms with Crippen molar-refractivity contribution in [1.82, 2.24) is 9.55 Å². The Morgan fingerprint density at radius 3 is 1.82 bits per heavy atom. The summed E-state index contributed by atoms with van der Waals surface area (Å²) >= 11 is 12.5. The number of ether oxygens (including phenoxy) is 4. The highest BCUT2D eigenvalue weighted by Gasteiger charge is 2.32. The summed E-state index contributed by atoms with van der Waals surface area (Å²) in [4.78, 5) is 46.5. The van der Waals surface area contributed by atoms with Crippen LogP contribution in [0.4, 0.5) is 19.0 Å². The second kappa shape index (κ2) is 18.8. The highest BCUT2D eigenvalue weighted by atomic mass is 35.5. The molecule has 17 heteroatoms. The molecule has 0 saturated heterocycles.